The molecule has 2 aliphatic rings. The van der Waals surface area contributed by atoms with Gasteiger partial charge in [-0.05, 0) is 48.5 Å². The Hall–Kier alpha value is -4.20. The van der Waals surface area contributed by atoms with E-state index in [1.165, 1.54) is 24.3 Å². The van der Waals surface area contributed by atoms with E-state index in [0.29, 0.717) is 37.8 Å². The number of nitrogens with zero attached hydrogens (tertiary/aromatic N) is 4. The minimum Gasteiger partial charge on any atom is -0.350 e. The molecule has 0 N–H and O–H groups in total. The number of para-hydroxylation sites is 4. The summed E-state index contributed by atoms with van der Waals surface area (Å²) in [5.41, 5.74) is 4.23. The number of hydrogen-bond acceptors (Lipinski definition) is 4. The van der Waals surface area contributed by atoms with Crippen LogP contribution in [0.5, 0.6) is 0 Å². The summed E-state index contributed by atoms with van der Waals surface area (Å²) < 4.78 is 56.2. The maximum atomic E-state index is 14.6. The molecule has 4 nitrogen and oxygen atoms in total. The molecule has 0 aromatic heterocycles. The van der Waals surface area contributed by atoms with Crippen molar-refractivity contribution in [1.29, 1.82) is 0 Å². The van der Waals surface area contributed by atoms with Crippen molar-refractivity contribution < 1.29 is 17.6 Å². The highest BCUT2D eigenvalue weighted by Crippen LogP contribution is 2.43. The van der Waals surface area contributed by atoms with Gasteiger partial charge in [0.15, 0.2) is 0 Å². The molecule has 0 amide bonds. The van der Waals surface area contributed by atoms with Crippen LogP contribution in [0.1, 0.15) is 0 Å². The van der Waals surface area contributed by atoms with Gasteiger partial charge in [0.1, 0.15) is 23.3 Å². The number of fused-ring (bicyclic) bond motifs is 2. The molecule has 2 aliphatic heterocycles. The van der Waals surface area contributed by atoms with Crippen LogP contribution in [0.4, 0.5) is 51.7 Å². The molecule has 0 saturated carbocycles. The number of benzene rings is 4. The number of hydrogen-bond donors (Lipinski definition) is 0. The molecule has 4 aromatic carbocycles. The van der Waals surface area contributed by atoms with Crippen LogP contribution in [-0.4, -0.2) is 26.4 Å². The first kappa shape index (κ1) is 22.3. The van der Waals surface area contributed by atoms with Gasteiger partial charge < -0.3 is 19.6 Å². The fourth-order valence-electron chi connectivity index (χ4n) is 5.00. The molecule has 0 spiro atoms. The first-order valence-corrected chi connectivity index (χ1v) is 11.6. The van der Waals surface area contributed by atoms with E-state index < -0.39 is 23.3 Å². The van der Waals surface area contributed by atoms with Crippen LogP contribution in [0.3, 0.4) is 0 Å². The third-order valence-corrected chi connectivity index (χ3v) is 6.69. The summed E-state index contributed by atoms with van der Waals surface area (Å²) >= 11 is 0. The first-order chi connectivity index (χ1) is 17.5. The van der Waals surface area contributed by atoms with Gasteiger partial charge in [-0.1, -0.05) is 24.3 Å². The topological polar surface area (TPSA) is 13.0 Å². The van der Waals surface area contributed by atoms with Gasteiger partial charge in [-0.2, -0.15) is 0 Å². The molecule has 6 rings (SSSR count). The Morgan fingerprint density at radius 2 is 0.861 bits per heavy atom. The molecule has 0 atom stereocenters. The smallest absolute Gasteiger partial charge is 0.149 e. The second kappa shape index (κ2) is 8.78. The lowest BCUT2D eigenvalue weighted by Crippen LogP contribution is -2.38. The van der Waals surface area contributed by atoms with Gasteiger partial charge in [0, 0.05) is 25.2 Å². The number of halogens is 4. The van der Waals surface area contributed by atoms with E-state index in [-0.39, 0.29) is 0 Å². The summed E-state index contributed by atoms with van der Waals surface area (Å²) in [4.78, 5) is 7.95. The maximum absolute atomic E-state index is 14.6. The SMILES string of the molecule is Fc1ccc(N2CN(CCN3CN(c4ccc(F)cc4F)c4ccccc43)c3ccccc32)c(F)c1. The molecule has 2 heterocycles. The van der Waals surface area contributed by atoms with Crippen molar-refractivity contribution in [2.75, 3.05) is 46.0 Å². The van der Waals surface area contributed by atoms with Crippen LogP contribution in [-0.2, 0) is 0 Å². The predicted octanol–water partition coefficient (Wildman–Crippen LogP) is 6.77. The summed E-state index contributed by atoms with van der Waals surface area (Å²) in [6.45, 7) is 2.05. The largest absolute Gasteiger partial charge is 0.350 e. The fraction of sp³-hybridized carbons (Fsp3) is 0.143. The quantitative estimate of drug-likeness (QED) is 0.286. The monoisotopic (exact) mass is 490 g/mol. The zero-order chi connectivity index (χ0) is 24.8. The standard InChI is InChI=1S/C28H22F4N4/c29-19-9-11-23(21(31)15-19)35-17-33(25-5-1-3-7-27(25)35)13-14-34-18-36(28-8-4-2-6-26(28)34)24-12-10-20(30)16-22(24)32/h1-12,15-16H,13-14,17-18H2. The van der Waals surface area contributed by atoms with Gasteiger partial charge in [0.2, 0.25) is 0 Å². The summed E-state index contributed by atoms with van der Waals surface area (Å²) in [6.07, 6.45) is 0. The van der Waals surface area contributed by atoms with Crippen LogP contribution in [0.2, 0.25) is 0 Å². The molecule has 8 heteroatoms. The van der Waals surface area contributed by atoms with Crippen LogP contribution in [0, 0.1) is 23.3 Å². The summed E-state index contributed by atoms with van der Waals surface area (Å²) in [5.74, 6) is -2.46. The van der Waals surface area contributed by atoms with Crippen molar-refractivity contribution in [3.05, 3.63) is 108 Å². The molecular weight excluding hydrogens is 468 g/mol. The zero-order valence-electron chi connectivity index (χ0n) is 19.2. The Kier molecular flexibility index (Phi) is 5.44. The van der Waals surface area contributed by atoms with Gasteiger partial charge in [-0.15, -0.1) is 0 Å². The summed E-state index contributed by atoms with van der Waals surface area (Å²) in [5, 5.41) is 0. The fourth-order valence-corrected chi connectivity index (χ4v) is 5.00. The van der Waals surface area contributed by atoms with Gasteiger partial charge in [-0.25, -0.2) is 17.6 Å². The maximum Gasteiger partial charge on any atom is 0.149 e. The third-order valence-electron chi connectivity index (χ3n) is 6.69. The van der Waals surface area contributed by atoms with Gasteiger partial charge in [0.25, 0.3) is 0 Å². The predicted molar refractivity (Wildman–Crippen MR) is 134 cm³/mol. The molecule has 0 unspecified atom stereocenters. The molecule has 0 bridgehead atoms. The van der Waals surface area contributed by atoms with E-state index in [1.807, 2.05) is 58.3 Å². The van der Waals surface area contributed by atoms with Crippen LogP contribution < -0.4 is 19.6 Å². The second-order valence-corrected chi connectivity index (χ2v) is 8.83. The molecule has 4 aromatic rings. The van der Waals surface area contributed by atoms with E-state index in [0.717, 1.165) is 34.9 Å². The Morgan fingerprint density at radius 1 is 0.472 bits per heavy atom. The average molecular weight is 491 g/mol. The highest BCUT2D eigenvalue weighted by atomic mass is 19.1. The lowest BCUT2D eigenvalue weighted by Gasteiger charge is -2.26. The van der Waals surface area contributed by atoms with Gasteiger partial charge >= 0.3 is 0 Å². The first-order valence-electron chi connectivity index (χ1n) is 11.6. The Morgan fingerprint density at radius 3 is 1.25 bits per heavy atom. The molecular formula is C28H22F4N4. The molecule has 36 heavy (non-hydrogen) atoms. The molecule has 0 radical (unpaired) electrons. The van der Waals surface area contributed by atoms with Crippen molar-refractivity contribution in [3.8, 4) is 0 Å². The minimum absolute atomic E-state index is 0.316. The molecule has 0 saturated heterocycles. The highest BCUT2D eigenvalue weighted by Gasteiger charge is 2.31. The van der Waals surface area contributed by atoms with E-state index in [9.17, 15) is 17.6 Å². The van der Waals surface area contributed by atoms with Gasteiger partial charge in [-0.3, -0.25) is 0 Å². The highest BCUT2D eigenvalue weighted by molar-refractivity contribution is 5.84. The average Bonchev–Trinajstić information content (AvgIpc) is 3.42. The zero-order valence-corrected chi connectivity index (χ0v) is 19.2. The van der Waals surface area contributed by atoms with Crippen molar-refractivity contribution >= 4 is 34.1 Å². The van der Waals surface area contributed by atoms with Crippen LogP contribution in [0.25, 0.3) is 0 Å². The lowest BCUT2D eigenvalue weighted by molar-refractivity contribution is 0.581. The summed E-state index contributed by atoms with van der Waals surface area (Å²) in [6, 6.07) is 22.7. The van der Waals surface area contributed by atoms with E-state index in [2.05, 4.69) is 9.80 Å². The second-order valence-electron chi connectivity index (χ2n) is 8.83. The normalized spacial score (nSPS) is 14.4. The third kappa shape index (κ3) is 3.79. The molecule has 0 aliphatic carbocycles. The summed E-state index contributed by atoms with van der Waals surface area (Å²) in [7, 11) is 0. The van der Waals surface area contributed by atoms with Gasteiger partial charge in [0.05, 0.1) is 47.5 Å². The Labute approximate surface area is 206 Å². The molecule has 0 fully saturated rings. The minimum atomic E-state index is -0.615. The van der Waals surface area contributed by atoms with Crippen molar-refractivity contribution in [1.82, 2.24) is 0 Å². The molecule has 182 valence electrons. The Balaban J connectivity index is 1.25. The van der Waals surface area contributed by atoms with Crippen LogP contribution in [0.15, 0.2) is 84.9 Å². The van der Waals surface area contributed by atoms with Crippen molar-refractivity contribution in [2.24, 2.45) is 0 Å². The lowest BCUT2D eigenvalue weighted by atomic mass is 10.2. The van der Waals surface area contributed by atoms with E-state index >= 15 is 0 Å². The van der Waals surface area contributed by atoms with E-state index in [1.54, 1.807) is 0 Å². The van der Waals surface area contributed by atoms with Crippen molar-refractivity contribution in [3.63, 3.8) is 0 Å². The van der Waals surface area contributed by atoms with Crippen LogP contribution >= 0.6 is 0 Å². The van der Waals surface area contributed by atoms with Crippen molar-refractivity contribution in [2.45, 2.75) is 0 Å². The van der Waals surface area contributed by atoms with E-state index in [4.69, 9.17) is 0 Å². The number of rotatable bonds is 5. The number of anilines is 6. The Bertz CT molecular complexity index is 1330.